The first-order valence-corrected chi connectivity index (χ1v) is 10.7. The van der Waals surface area contributed by atoms with Crippen LogP contribution in [0.15, 0.2) is 69.5 Å². The van der Waals surface area contributed by atoms with Crippen molar-refractivity contribution < 1.29 is 8.42 Å². The van der Waals surface area contributed by atoms with Gasteiger partial charge in [-0.2, -0.15) is 4.31 Å². The van der Waals surface area contributed by atoms with Crippen molar-refractivity contribution in [1.82, 2.24) is 9.29 Å². The minimum absolute atomic E-state index is 0.250. The number of aryl methyl sites for hydroxylation is 1. The summed E-state index contributed by atoms with van der Waals surface area (Å²) < 4.78 is 28.8. The van der Waals surface area contributed by atoms with E-state index in [0.717, 1.165) is 20.6 Å². The monoisotopic (exact) mass is 436 g/mol. The van der Waals surface area contributed by atoms with E-state index in [1.165, 1.54) is 21.8 Å². The molecular weight excluding hydrogens is 420 g/mol. The predicted molar refractivity (Wildman–Crippen MR) is 104 cm³/mol. The zero-order chi connectivity index (χ0) is 18.0. The van der Waals surface area contributed by atoms with E-state index >= 15 is 0 Å². The lowest BCUT2D eigenvalue weighted by atomic mass is 9.99. The molecule has 0 amide bonds. The van der Waals surface area contributed by atoms with E-state index in [2.05, 4.69) is 20.9 Å². The second-order valence-electron chi connectivity index (χ2n) is 5.55. The van der Waals surface area contributed by atoms with Gasteiger partial charge in [-0.1, -0.05) is 64.5 Å². The molecule has 7 heteroatoms. The Morgan fingerprint density at radius 2 is 1.72 bits per heavy atom. The Hall–Kier alpha value is -1.54. The van der Waals surface area contributed by atoms with Crippen LogP contribution in [0.3, 0.4) is 0 Å². The van der Waals surface area contributed by atoms with Crippen LogP contribution in [0.5, 0.6) is 0 Å². The molecular formula is C18H17BrN2O2S2. The van der Waals surface area contributed by atoms with Crippen molar-refractivity contribution in [2.45, 2.75) is 17.2 Å². The number of thiazole rings is 1. The van der Waals surface area contributed by atoms with Gasteiger partial charge in [0, 0.05) is 11.5 Å². The molecule has 1 aromatic heterocycles. The van der Waals surface area contributed by atoms with Crippen LogP contribution in [-0.2, 0) is 10.0 Å². The van der Waals surface area contributed by atoms with Gasteiger partial charge in [-0.3, -0.25) is 0 Å². The number of hydrogen-bond acceptors (Lipinski definition) is 4. The topological polar surface area (TPSA) is 50.3 Å². The van der Waals surface area contributed by atoms with E-state index in [1.54, 1.807) is 14.0 Å². The molecule has 4 nitrogen and oxygen atoms in total. The highest BCUT2D eigenvalue weighted by atomic mass is 79.9. The zero-order valence-corrected chi connectivity index (χ0v) is 17.0. The molecule has 0 saturated carbocycles. The summed E-state index contributed by atoms with van der Waals surface area (Å²) in [6.45, 7) is 1.80. The van der Waals surface area contributed by atoms with Crippen LogP contribution in [-0.4, -0.2) is 24.8 Å². The van der Waals surface area contributed by atoms with Gasteiger partial charge in [-0.25, -0.2) is 13.4 Å². The highest BCUT2D eigenvalue weighted by Crippen LogP contribution is 2.36. The van der Waals surface area contributed by atoms with E-state index in [9.17, 15) is 8.42 Å². The van der Waals surface area contributed by atoms with Crippen LogP contribution in [0.1, 0.15) is 22.2 Å². The summed E-state index contributed by atoms with van der Waals surface area (Å²) in [7, 11) is -2.05. The molecule has 0 aliphatic heterocycles. The minimum Gasteiger partial charge on any atom is -0.249 e. The smallest absolute Gasteiger partial charge is 0.249 e. The molecule has 1 heterocycles. The van der Waals surface area contributed by atoms with Crippen LogP contribution >= 0.6 is 27.3 Å². The van der Waals surface area contributed by atoms with Gasteiger partial charge in [0.15, 0.2) is 4.21 Å². The number of hydrogen-bond donors (Lipinski definition) is 0. The summed E-state index contributed by atoms with van der Waals surface area (Å²) in [6.07, 6.45) is 1.42. The van der Waals surface area contributed by atoms with Crippen LogP contribution in [0.2, 0.25) is 0 Å². The molecule has 2 aromatic carbocycles. The largest absolute Gasteiger partial charge is 0.254 e. The summed E-state index contributed by atoms with van der Waals surface area (Å²) >= 11 is 4.74. The molecule has 130 valence electrons. The molecule has 0 N–H and O–H groups in total. The van der Waals surface area contributed by atoms with Crippen molar-refractivity contribution in [3.63, 3.8) is 0 Å². The van der Waals surface area contributed by atoms with E-state index < -0.39 is 16.1 Å². The van der Waals surface area contributed by atoms with Gasteiger partial charge in [0.05, 0.1) is 17.2 Å². The van der Waals surface area contributed by atoms with E-state index in [4.69, 9.17) is 0 Å². The molecule has 25 heavy (non-hydrogen) atoms. The third-order valence-corrected chi connectivity index (χ3v) is 7.81. The standard InChI is InChI=1S/C18H17BrN2O2S2/c1-13-20-12-17(24-13)25(22,23)21(2)18(14-8-4-3-5-9-14)15-10-6-7-11-16(15)19/h3-12,18H,1-2H3. The Bertz CT molecular complexity index is 972. The highest BCUT2D eigenvalue weighted by Gasteiger charge is 2.32. The average molecular weight is 437 g/mol. The highest BCUT2D eigenvalue weighted by molar-refractivity contribution is 9.10. The van der Waals surface area contributed by atoms with Crippen LogP contribution in [0.25, 0.3) is 0 Å². The Morgan fingerprint density at radius 1 is 1.08 bits per heavy atom. The van der Waals surface area contributed by atoms with E-state index in [0.29, 0.717) is 0 Å². The maximum atomic E-state index is 13.1. The molecule has 1 unspecified atom stereocenters. The summed E-state index contributed by atoms with van der Waals surface area (Å²) in [5.41, 5.74) is 1.79. The maximum Gasteiger partial charge on any atom is 0.254 e. The quantitative estimate of drug-likeness (QED) is 0.585. The molecule has 0 bridgehead atoms. The summed E-state index contributed by atoms with van der Waals surface area (Å²) in [5, 5.41) is 0.726. The fraction of sp³-hybridized carbons (Fsp3) is 0.167. The molecule has 0 aliphatic carbocycles. The van der Waals surface area contributed by atoms with Crippen molar-refractivity contribution in [3.8, 4) is 0 Å². The number of aromatic nitrogens is 1. The van der Waals surface area contributed by atoms with Gasteiger partial charge in [-0.15, -0.1) is 11.3 Å². The lowest BCUT2D eigenvalue weighted by Gasteiger charge is -2.28. The summed E-state index contributed by atoms with van der Waals surface area (Å²) in [6, 6.07) is 16.9. The molecule has 0 spiro atoms. The number of rotatable bonds is 5. The van der Waals surface area contributed by atoms with Crippen molar-refractivity contribution in [3.05, 3.63) is 81.4 Å². The first-order chi connectivity index (χ1) is 11.9. The van der Waals surface area contributed by atoms with Gasteiger partial charge in [0.2, 0.25) is 0 Å². The SMILES string of the molecule is Cc1ncc(S(=O)(=O)N(C)C(c2ccccc2)c2ccccc2Br)s1. The molecule has 0 aliphatic rings. The van der Waals surface area contributed by atoms with Crippen LogP contribution < -0.4 is 0 Å². The second kappa shape index (κ2) is 7.37. The third-order valence-electron chi connectivity index (χ3n) is 3.91. The lowest BCUT2D eigenvalue weighted by Crippen LogP contribution is -2.31. The Morgan fingerprint density at radius 3 is 2.32 bits per heavy atom. The van der Waals surface area contributed by atoms with E-state index in [1.807, 2.05) is 54.6 Å². The van der Waals surface area contributed by atoms with Gasteiger partial charge >= 0.3 is 0 Å². The lowest BCUT2D eigenvalue weighted by molar-refractivity contribution is 0.418. The Kier molecular flexibility index (Phi) is 5.38. The molecule has 3 aromatic rings. The van der Waals surface area contributed by atoms with Crippen LogP contribution in [0.4, 0.5) is 0 Å². The molecule has 0 saturated heterocycles. The number of sulfonamides is 1. The average Bonchev–Trinajstić information content (AvgIpc) is 3.05. The first kappa shape index (κ1) is 18.3. The predicted octanol–water partition coefficient (Wildman–Crippen LogP) is 4.62. The summed E-state index contributed by atoms with van der Waals surface area (Å²) in [5.74, 6) is 0. The minimum atomic E-state index is -3.66. The van der Waals surface area contributed by atoms with Crippen LogP contribution in [0, 0.1) is 6.92 Å². The van der Waals surface area contributed by atoms with Gasteiger partial charge in [-0.05, 0) is 24.1 Å². The Labute approximate surface area is 160 Å². The third kappa shape index (κ3) is 3.69. The molecule has 0 fully saturated rings. The maximum absolute atomic E-state index is 13.1. The van der Waals surface area contributed by atoms with Gasteiger partial charge in [0.25, 0.3) is 10.0 Å². The van der Waals surface area contributed by atoms with E-state index in [-0.39, 0.29) is 4.21 Å². The number of benzene rings is 2. The van der Waals surface area contributed by atoms with Crippen molar-refractivity contribution >= 4 is 37.3 Å². The normalized spacial score (nSPS) is 13.1. The number of halogens is 1. The molecule has 1 atom stereocenters. The molecule has 0 radical (unpaired) electrons. The molecule has 3 rings (SSSR count). The summed E-state index contributed by atoms with van der Waals surface area (Å²) in [4.78, 5) is 4.09. The Balaban J connectivity index is 2.13. The van der Waals surface area contributed by atoms with Gasteiger partial charge < -0.3 is 0 Å². The number of nitrogens with zero attached hydrogens (tertiary/aromatic N) is 2. The van der Waals surface area contributed by atoms with Crippen molar-refractivity contribution in [2.24, 2.45) is 0 Å². The fourth-order valence-electron chi connectivity index (χ4n) is 2.66. The van der Waals surface area contributed by atoms with Gasteiger partial charge in [0.1, 0.15) is 0 Å². The van der Waals surface area contributed by atoms with Crippen molar-refractivity contribution in [1.29, 1.82) is 0 Å². The second-order valence-corrected chi connectivity index (χ2v) is 9.87. The zero-order valence-electron chi connectivity index (χ0n) is 13.8. The first-order valence-electron chi connectivity index (χ1n) is 7.61. The fourth-order valence-corrected chi connectivity index (χ4v) is 5.78. The van der Waals surface area contributed by atoms with Crippen molar-refractivity contribution in [2.75, 3.05) is 7.05 Å².